The van der Waals surface area contributed by atoms with Gasteiger partial charge in [0.15, 0.2) is 0 Å². The Morgan fingerprint density at radius 1 is 0.939 bits per heavy atom. The number of amides is 1. The molecular formula is C28H29N3O2. The Morgan fingerprint density at radius 2 is 1.70 bits per heavy atom. The van der Waals surface area contributed by atoms with Crippen molar-refractivity contribution in [1.29, 1.82) is 0 Å². The molecular weight excluding hydrogens is 410 g/mol. The summed E-state index contributed by atoms with van der Waals surface area (Å²) < 4.78 is 5.53. The first-order valence-electron chi connectivity index (χ1n) is 11.4. The molecule has 0 bridgehead atoms. The number of carbonyl (C=O) groups is 1. The second-order valence-electron chi connectivity index (χ2n) is 9.76. The highest BCUT2D eigenvalue weighted by atomic mass is 16.6. The van der Waals surface area contributed by atoms with Gasteiger partial charge in [0.05, 0.1) is 17.6 Å². The van der Waals surface area contributed by atoms with E-state index in [0.717, 1.165) is 23.5 Å². The van der Waals surface area contributed by atoms with E-state index in [4.69, 9.17) is 9.72 Å². The highest BCUT2D eigenvalue weighted by Gasteiger charge is 2.37. The molecule has 1 fully saturated rings. The maximum absolute atomic E-state index is 12.4. The average molecular weight is 440 g/mol. The molecule has 2 aliphatic rings. The number of likely N-dealkylation sites (tertiary alicyclic amines) is 1. The largest absolute Gasteiger partial charge is 0.444 e. The molecule has 1 saturated heterocycles. The van der Waals surface area contributed by atoms with Crippen LogP contribution in [0.4, 0.5) is 10.5 Å². The summed E-state index contributed by atoms with van der Waals surface area (Å²) in [6.07, 6.45) is 3.88. The smallest absolute Gasteiger partial charge is 0.410 e. The molecule has 33 heavy (non-hydrogen) atoms. The molecule has 1 amide bonds. The maximum atomic E-state index is 12.4. The molecule has 1 unspecified atom stereocenters. The second kappa shape index (κ2) is 8.39. The predicted molar refractivity (Wildman–Crippen MR) is 132 cm³/mol. The van der Waals surface area contributed by atoms with Crippen molar-refractivity contribution < 1.29 is 9.53 Å². The van der Waals surface area contributed by atoms with Crippen molar-refractivity contribution in [2.75, 3.05) is 24.5 Å². The fraction of sp³-hybridized carbons (Fsp3) is 0.286. The van der Waals surface area contributed by atoms with E-state index >= 15 is 0 Å². The van der Waals surface area contributed by atoms with Crippen molar-refractivity contribution in [3.05, 3.63) is 84.7 Å². The lowest BCUT2D eigenvalue weighted by molar-refractivity contribution is 0.0291. The van der Waals surface area contributed by atoms with Gasteiger partial charge in [0.2, 0.25) is 0 Å². The van der Waals surface area contributed by atoms with Gasteiger partial charge in [-0.05, 0) is 55.7 Å². The molecule has 2 aromatic carbocycles. The van der Waals surface area contributed by atoms with Gasteiger partial charge < -0.3 is 14.5 Å². The molecule has 5 heteroatoms. The molecule has 168 valence electrons. The minimum absolute atomic E-state index is 0.229. The summed E-state index contributed by atoms with van der Waals surface area (Å²) >= 11 is 0. The van der Waals surface area contributed by atoms with Crippen LogP contribution < -0.4 is 4.90 Å². The highest BCUT2D eigenvalue weighted by Crippen LogP contribution is 2.34. The van der Waals surface area contributed by atoms with E-state index in [0.29, 0.717) is 19.0 Å². The van der Waals surface area contributed by atoms with Crippen LogP contribution in [0.15, 0.2) is 84.7 Å². The third-order valence-corrected chi connectivity index (χ3v) is 6.07. The number of ether oxygens (including phenoxy) is 1. The molecule has 0 spiro atoms. The SMILES string of the molecule is CC(C)(C)OC(=O)N1CC2=CN(c3ccc(-c4cccc(-c5ccccc5)c4)nc3)CC2C1. The minimum Gasteiger partial charge on any atom is -0.444 e. The summed E-state index contributed by atoms with van der Waals surface area (Å²) in [6.45, 7) is 7.90. The summed E-state index contributed by atoms with van der Waals surface area (Å²) in [5, 5.41) is 0. The van der Waals surface area contributed by atoms with E-state index in [1.54, 1.807) is 4.90 Å². The summed E-state index contributed by atoms with van der Waals surface area (Å²) in [5.41, 5.74) is 6.33. The van der Waals surface area contributed by atoms with Crippen LogP contribution in [-0.4, -0.2) is 41.2 Å². The number of fused-ring (bicyclic) bond motifs is 1. The number of rotatable bonds is 3. The third-order valence-electron chi connectivity index (χ3n) is 6.07. The van der Waals surface area contributed by atoms with Gasteiger partial charge in [-0.1, -0.05) is 48.5 Å². The Bertz CT molecular complexity index is 1180. The zero-order valence-electron chi connectivity index (χ0n) is 19.4. The van der Waals surface area contributed by atoms with Crippen LogP contribution in [0.25, 0.3) is 22.4 Å². The highest BCUT2D eigenvalue weighted by molar-refractivity contribution is 5.72. The van der Waals surface area contributed by atoms with Crippen molar-refractivity contribution in [3.63, 3.8) is 0 Å². The molecule has 0 radical (unpaired) electrons. The predicted octanol–water partition coefficient (Wildman–Crippen LogP) is 5.99. The van der Waals surface area contributed by atoms with E-state index in [2.05, 4.69) is 71.8 Å². The first kappa shape index (κ1) is 21.3. The fourth-order valence-electron chi connectivity index (χ4n) is 4.47. The van der Waals surface area contributed by atoms with Crippen molar-refractivity contribution in [3.8, 4) is 22.4 Å². The third kappa shape index (κ3) is 4.63. The van der Waals surface area contributed by atoms with E-state index < -0.39 is 5.60 Å². The molecule has 1 atom stereocenters. The number of nitrogens with zero attached hydrogens (tertiary/aromatic N) is 3. The molecule has 5 nitrogen and oxygen atoms in total. The van der Waals surface area contributed by atoms with Gasteiger partial charge in [0.1, 0.15) is 5.60 Å². The number of anilines is 1. The number of hydrogen-bond acceptors (Lipinski definition) is 4. The van der Waals surface area contributed by atoms with Crippen molar-refractivity contribution >= 4 is 11.8 Å². The number of aromatic nitrogens is 1. The van der Waals surface area contributed by atoms with E-state index in [9.17, 15) is 4.79 Å². The molecule has 2 aliphatic heterocycles. The number of hydrogen-bond donors (Lipinski definition) is 0. The topological polar surface area (TPSA) is 45.7 Å². The van der Waals surface area contributed by atoms with Crippen LogP contribution in [0.5, 0.6) is 0 Å². The molecule has 1 aromatic heterocycles. The summed E-state index contributed by atoms with van der Waals surface area (Å²) in [4.78, 5) is 21.2. The van der Waals surface area contributed by atoms with E-state index in [1.165, 1.54) is 16.7 Å². The summed E-state index contributed by atoms with van der Waals surface area (Å²) in [5.74, 6) is 0.347. The lowest BCUT2D eigenvalue weighted by Crippen LogP contribution is -2.36. The lowest BCUT2D eigenvalue weighted by atomic mass is 10.0. The van der Waals surface area contributed by atoms with E-state index in [-0.39, 0.29) is 6.09 Å². The number of carbonyl (C=O) groups excluding carboxylic acids is 1. The van der Waals surface area contributed by atoms with Crippen LogP contribution >= 0.6 is 0 Å². The van der Waals surface area contributed by atoms with Gasteiger partial charge in [-0.2, -0.15) is 0 Å². The Hall–Kier alpha value is -3.60. The maximum Gasteiger partial charge on any atom is 0.410 e. The van der Waals surface area contributed by atoms with Crippen LogP contribution in [0.2, 0.25) is 0 Å². The van der Waals surface area contributed by atoms with Crippen LogP contribution in [0, 0.1) is 5.92 Å². The van der Waals surface area contributed by atoms with Crippen LogP contribution in [0.1, 0.15) is 20.8 Å². The lowest BCUT2D eigenvalue weighted by Gasteiger charge is -2.25. The minimum atomic E-state index is -0.469. The van der Waals surface area contributed by atoms with Crippen LogP contribution in [0.3, 0.4) is 0 Å². The first-order chi connectivity index (χ1) is 15.9. The Labute approximate surface area is 195 Å². The van der Waals surface area contributed by atoms with Crippen molar-refractivity contribution in [2.24, 2.45) is 5.92 Å². The monoisotopic (exact) mass is 439 g/mol. The molecule has 5 rings (SSSR count). The molecule has 0 saturated carbocycles. The normalized spacial score (nSPS) is 17.7. The quantitative estimate of drug-likeness (QED) is 0.503. The first-order valence-corrected chi connectivity index (χ1v) is 11.4. The van der Waals surface area contributed by atoms with Gasteiger partial charge >= 0.3 is 6.09 Å². The van der Waals surface area contributed by atoms with Gasteiger partial charge in [0, 0.05) is 37.3 Å². The number of benzene rings is 2. The van der Waals surface area contributed by atoms with E-state index in [1.807, 2.05) is 33.0 Å². The van der Waals surface area contributed by atoms with Gasteiger partial charge in [-0.3, -0.25) is 4.98 Å². The van der Waals surface area contributed by atoms with Crippen molar-refractivity contribution in [2.45, 2.75) is 26.4 Å². The Kier molecular flexibility index (Phi) is 5.41. The van der Waals surface area contributed by atoms with Gasteiger partial charge in [-0.15, -0.1) is 0 Å². The number of pyridine rings is 1. The fourth-order valence-corrected chi connectivity index (χ4v) is 4.47. The molecule has 3 heterocycles. The summed E-state index contributed by atoms with van der Waals surface area (Å²) in [7, 11) is 0. The zero-order chi connectivity index (χ0) is 23.0. The second-order valence-corrected chi connectivity index (χ2v) is 9.76. The van der Waals surface area contributed by atoms with Gasteiger partial charge in [0.25, 0.3) is 0 Å². The van der Waals surface area contributed by atoms with Gasteiger partial charge in [-0.25, -0.2) is 4.79 Å². The molecule has 0 aliphatic carbocycles. The Morgan fingerprint density at radius 3 is 2.39 bits per heavy atom. The standard InChI is InChI=1S/C28H29N3O2/c1-28(2,3)33-27(32)31-18-23-16-30(17-24(23)19-31)25-12-13-26(29-15-25)22-11-7-10-21(14-22)20-8-5-4-6-9-20/h4-16,24H,17-19H2,1-3H3. The van der Waals surface area contributed by atoms with Crippen molar-refractivity contribution in [1.82, 2.24) is 9.88 Å². The Balaban J connectivity index is 1.28. The summed E-state index contributed by atoms with van der Waals surface area (Å²) in [6, 6.07) is 23.1. The average Bonchev–Trinajstić information content (AvgIpc) is 3.39. The van der Waals surface area contributed by atoms with Crippen LogP contribution in [-0.2, 0) is 4.74 Å². The molecule has 3 aromatic rings. The zero-order valence-corrected chi connectivity index (χ0v) is 19.4. The molecule has 0 N–H and O–H groups in total.